The highest BCUT2D eigenvalue weighted by Gasteiger charge is 2.20. The van der Waals surface area contributed by atoms with Gasteiger partial charge in [0.2, 0.25) is 0 Å². The van der Waals surface area contributed by atoms with Gasteiger partial charge in [-0.3, -0.25) is 4.79 Å². The molecule has 0 saturated carbocycles. The monoisotopic (exact) mass is 323 g/mol. The Bertz CT molecular complexity index is 693. The molecular weight excluding hydrogens is 298 g/mol. The van der Waals surface area contributed by atoms with E-state index in [1.165, 1.54) is 5.56 Å². The van der Waals surface area contributed by atoms with Gasteiger partial charge < -0.3 is 10.2 Å². The molecule has 0 aliphatic carbocycles. The fourth-order valence-corrected chi connectivity index (χ4v) is 2.90. The highest BCUT2D eigenvalue weighted by molar-refractivity contribution is 5.92. The molecule has 1 aromatic carbocycles. The molecular formula is C20H25N3O. The number of hydrogen-bond donors (Lipinski definition) is 1. The van der Waals surface area contributed by atoms with Crippen LogP contribution < -0.4 is 5.32 Å². The predicted molar refractivity (Wildman–Crippen MR) is 97.8 cm³/mol. The molecule has 0 unspecified atom stereocenters. The zero-order chi connectivity index (χ0) is 17.2. The highest BCUT2D eigenvalue weighted by Crippen LogP contribution is 2.25. The van der Waals surface area contributed by atoms with Gasteiger partial charge in [0.05, 0.1) is 11.9 Å². The van der Waals surface area contributed by atoms with Crippen molar-refractivity contribution in [3.63, 3.8) is 0 Å². The molecule has 1 N–H and O–H groups in total. The third-order valence-electron chi connectivity index (χ3n) is 4.42. The molecule has 24 heavy (non-hydrogen) atoms. The summed E-state index contributed by atoms with van der Waals surface area (Å²) >= 11 is 0. The highest BCUT2D eigenvalue weighted by atomic mass is 16.2. The van der Waals surface area contributed by atoms with Crippen molar-refractivity contribution in [2.24, 2.45) is 0 Å². The van der Waals surface area contributed by atoms with Crippen molar-refractivity contribution in [1.29, 1.82) is 0 Å². The average Bonchev–Trinajstić information content (AvgIpc) is 3.09. The lowest BCUT2D eigenvalue weighted by Crippen LogP contribution is -2.28. The molecule has 1 aliphatic rings. The van der Waals surface area contributed by atoms with Gasteiger partial charge in [-0.2, -0.15) is 0 Å². The Kier molecular flexibility index (Phi) is 4.56. The maximum Gasteiger partial charge on any atom is 0.272 e. The number of pyridine rings is 1. The molecule has 4 heteroatoms. The minimum absolute atomic E-state index is 0.0357. The van der Waals surface area contributed by atoms with Crippen LogP contribution >= 0.6 is 0 Å². The van der Waals surface area contributed by atoms with E-state index in [0.29, 0.717) is 5.69 Å². The van der Waals surface area contributed by atoms with Gasteiger partial charge in [0.25, 0.3) is 5.91 Å². The fourth-order valence-electron chi connectivity index (χ4n) is 2.90. The van der Waals surface area contributed by atoms with Crippen LogP contribution in [-0.2, 0) is 5.41 Å². The lowest BCUT2D eigenvalue weighted by molar-refractivity contribution is 0.0787. The summed E-state index contributed by atoms with van der Waals surface area (Å²) in [4.78, 5) is 18.5. The summed E-state index contributed by atoms with van der Waals surface area (Å²) in [6, 6.07) is 12.1. The van der Waals surface area contributed by atoms with Crippen LogP contribution in [0.5, 0.6) is 0 Å². The molecule has 0 spiro atoms. The average molecular weight is 323 g/mol. The standard InChI is InChI=1S/C20H25N3O/c1-20(2,3)15-6-8-16(9-7-15)22-17-10-11-18(21-14-17)19(24)23-12-4-5-13-23/h6-11,14,22H,4-5,12-13H2,1-3H3. The van der Waals surface area contributed by atoms with Crippen LogP contribution in [0, 0.1) is 0 Å². The first kappa shape index (κ1) is 16.5. The number of carbonyl (C=O) groups excluding carboxylic acids is 1. The van der Waals surface area contributed by atoms with Gasteiger partial charge in [-0.1, -0.05) is 32.9 Å². The second-order valence-corrected chi connectivity index (χ2v) is 7.38. The molecule has 2 heterocycles. The molecule has 2 aromatic rings. The summed E-state index contributed by atoms with van der Waals surface area (Å²) in [7, 11) is 0. The Labute approximate surface area is 143 Å². The number of carbonyl (C=O) groups is 1. The Hall–Kier alpha value is -2.36. The van der Waals surface area contributed by atoms with Crippen molar-refractivity contribution >= 4 is 17.3 Å². The largest absolute Gasteiger partial charge is 0.354 e. The summed E-state index contributed by atoms with van der Waals surface area (Å²) in [6.45, 7) is 8.31. The fraction of sp³-hybridized carbons (Fsp3) is 0.400. The van der Waals surface area contributed by atoms with E-state index in [1.807, 2.05) is 11.0 Å². The molecule has 4 nitrogen and oxygen atoms in total. The molecule has 1 aromatic heterocycles. The van der Waals surface area contributed by atoms with Crippen molar-refractivity contribution < 1.29 is 4.79 Å². The zero-order valence-electron chi connectivity index (χ0n) is 14.7. The zero-order valence-corrected chi connectivity index (χ0v) is 14.7. The van der Waals surface area contributed by atoms with E-state index in [1.54, 1.807) is 12.3 Å². The molecule has 126 valence electrons. The van der Waals surface area contributed by atoms with Gasteiger partial charge in [-0.15, -0.1) is 0 Å². The molecule has 0 radical (unpaired) electrons. The summed E-state index contributed by atoms with van der Waals surface area (Å²) in [5.74, 6) is 0.0357. The predicted octanol–water partition coefficient (Wildman–Crippen LogP) is 4.36. The maximum atomic E-state index is 12.3. The van der Waals surface area contributed by atoms with Crippen molar-refractivity contribution in [1.82, 2.24) is 9.88 Å². The lowest BCUT2D eigenvalue weighted by Gasteiger charge is -2.19. The van der Waals surface area contributed by atoms with Crippen molar-refractivity contribution in [3.05, 3.63) is 53.9 Å². The molecule has 0 atom stereocenters. The molecule has 1 fully saturated rings. The number of nitrogens with zero attached hydrogens (tertiary/aromatic N) is 2. The molecule has 3 rings (SSSR count). The number of likely N-dealkylation sites (tertiary alicyclic amines) is 1. The van der Waals surface area contributed by atoms with Crippen LogP contribution in [0.1, 0.15) is 49.7 Å². The number of nitrogens with one attached hydrogen (secondary N) is 1. The van der Waals surface area contributed by atoms with Gasteiger partial charge in [0, 0.05) is 18.8 Å². The first-order valence-corrected chi connectivity index (χ1v) is 8.56. The topological polar surface area (TPSA) is 45.2 Å². The van der Waals surface area contributed by atoms with E-state index in [2.05, 4.69) is 55.3 Å². The number of benzene rings is 1. The van der Waals surface area contributed by atoms with Gasteiger partial charge in [-0.25, -0.2) is 4.98 Å². The summed E-state index contributed by atoms with van der Waals surface area (Å²) in [5, 5.41) is 3.33. The van der Waals surface area contributed by atoms with Gasteiger partial charge in [0.1, 0.15) is 5.69 Å². The second kappa shape index (κ2) is 6.63. The second-order valence-electron chi connectivity index (χ2n) is 7.38. The minimum Gasteiger partial charge on any atom is -0.354 e. The Morgan fingerprint density at radius 3 is 2.17 bits per heavy atom. The van der Waals surface area contributed by atoms with Crippen LogP contribution in [0.3, 0.4) is 0 Å². The number of anilines is 2. The van der Waals surface area contributed by atoms with Crippen LogP contribution in [0.4, 0.5) is 11.4 Å². The Balaban J connectivity index is 1.66. The third kappa shape index (κ3) is 3.75. The molecule has 1 amide bonds. The van der Waals surface area contributed by atoms with Gasteiger partial charge in [-0.05, 0) is 48.1 Å². The van der Waals surface area contributed by atoms with E-state index >= 15 is 0 Å². The third-order valence-corrected chi connectivity index (χ3v) is 4.42. The summed E-state index contributed by atoms with van der Waals surface area (Å²) in [6.07, 6.45) is 3.91. The number of rotatable bonds is 3. The number of amides is 1. The van der Waals surface area contributed by atoms with E-state index in [4.69, 9.17) is 0 Å². The van der Waals surface area contributed by atoms with Crippen LogP contribution in [-0.4, -0.2) is 28.9 Å². The summed E-state index contributed by atoms with van der Waals surface area (Å²) in [5.41, 5.74) is 3.88. The smallest absolute Gasteiger partial charge is 0.272 e. The van der Waals surface area contributed by atoms with Crippen LogP contribution in [0.15, 0.2) is 42.6 Å². The Morgan fingerprint density at radius 2 is 1.62 bits per heavy atom. The lowest BCUT2D eigenvalue weighted by atomic mass is 9.87. The maximum absolute atomic E-state index is 12.3. The number of hydrogen-bond acceptors (Lipinski definition) is 3. The van der Waals surface area contributed by atoms with Crippen molar-refractivity contribution in [2.45, 2.75) is 39.0 Å². The molecule has 1 saturated heterocycles. The number of aromatic nitrogens is 1. The van der Waals surface area contributed by atoms with Gasteiger partial charge >= 0.3 is 0 Å². The Morgan fingerprint density at radius 1 is 1.00 bits per heavy atom. The normalized spacial score (nSPS) is 14.7. The van der Waals surface area contributed by atoms with E-state index < -0.39 is 0 Å². The summed E-state index contributed by atoms with van der Waals surface area (Å²) < 4.78 is 0. The molecule has 1 aliphatic heterocycles. The van der Waals surface area contributed by atoms with Crippen LogP contribution in [0.2, 0.25) is 0 Å². The van der Waals surface area contributed by atoms with E-state index in [9.17, 15) is 4.79 Å². The van der Waals surface area contributed by atoms with Crippen LogP contribution in [0.25, 0.3) is 0 Å². The van der Waals surface area contributed by atoms with Crippen molar-refractivity contribution in [2.75, 3.05) is 18.4 Å². The first-order valence-electron chi connectivity index (χ1n) is 8.56. The van der Waals surface area contributed by atoms with E-state index in [-0.39, 0.29) is 11.3 Å². The van der Waals surface area contributed by atoms with Gasteiger partial charge in [0.15, 0.2) is 0 Å². The van der Waals surface area contributed by atoms with E-state index in [0.717, 1.165) is 37.3 Å². The van der Waals surface area contributed by atoms with Crippen molar-refractivity contribution in [3.8, 4) is 0 Å². The molecule has 0 bridgehead atoms. The quantitative estimate of drug-likeness (QED) is 0.913. The first-order chi connectivity index (χ1) is 11.4. The SMILES string of the molecule is CC(C)(C)c1ccc(Nc2ccc(C(=O)N3CCCC3)nc2)cc1. The minimum atomic E-state index is 0.0357.